The molecule has 0 fully saturated rings. The third kappa shape index (κ3) is 4.63. The molecule has 0 rings (SSSR count). The average Bonchev–Trinajstić information content (AvgIpc) is 2.02. The van der Waals surface area contributed by atoms with E-state index in [4.69, 9.17) is 11.5 Å². The van der Waals surface area contributed by atoms with Crippen LogP contribution in [0.25, 0.3) is 0 Å². The van der Waals surface area contributed by atoms with Gasteiger partial charge < -0.3 is 11.5 Å². The molecule has 0 saturated carbocycles. The monoisotopic (exact) mass is 186 g/mol. The van der Waals surface area contributed by atoms with Crippen molar-refractivity contribution >= 4 is 0 Å². The van der Waals surface area contributed by atoms with Crippen molar-refractivity contribution in [3.63, 3.8) is 0 Å². The quantitative estimate of drug-likeness (QED) is 0.690. The lowest BCUT2D eigenvalue weighted by Gasteiger charge is -2.27. The molecule has 0 aliphatic heterocycles. The molecule has 0 spiro atoms. The minimum absolute atomic E-state index is 0.282. The standard InChI is InChI=1S/C11H26N2/c1-7(2)10(12)6-9(5)11(13)8(3)4/h7-11H,6,12-13H2,1-5H3. The molecule has 0 aliphatic rings. The SMILES string of the molecule is CC(C)C(N)CC(C)C(N)C(C)C. The van der Waals surface area contributed by atoms with Gasteiger partial charge in [0.15, 0.2) is 0 Å². The number of hydrogen-bond acceptors (Lipinski definition) is 2. The third-order valence-electron chi connectivity index (χ3n) is 2.93. The van der Waals surface area contributed by atoms with Crippen molar-refractivity contribution in [2.24, 2.45) is 29.2 Å². The molecule has 0 radical (unpaired) electrons. The minimum Gasteiger partial charge on any atom is -0.327 e. The lowest BCUT2D eigenvalue weighted by atomic mass is 9.85. The molecule has 0 aromatic rings. The van der Waals surface area contributed by atoms with Crippen molar-refractivity contribution < 1.29 is 0 Å². The molecule has 0 saturated heterocycles. The zero-order valence-electron chi connectivity index (χ0n) is 9.75. The van der Waals surface area contributed by atoms with E-state index in [9.17, 15) is 0 Å². The van der Waals surface area contributed by atoms with E-state index in [1.165, 1.54) is 0 Å². The van der Waals surface area contributed by atoms with Crippen molar-refractivity contribution in [1.82, 2.24) is 0 Å². The summed E-state index contributed by atoms with van der Waals surface area (Å²) in [5.74, 6) is 1.63. The highest BCUT2D eigenvalue weighted by Gasteiger charge is 2.20. The highest BCUT2D eigenvalue weighted by atomic mass is 14.7. The fraction of sp³-hybridized carbons (Fsp3) is 1.00. The summed E-state index contributed by atoms with van der Waals surface area (Å²) in [6, 6.07) is 0.574. The first-order valence-electron chi connectivity index (χ1n) is 5.37. The van der Waals surface area contributed by atoms with Crippen molar-refractivity contribution in [3.8, 4) is 0 Å². The van der Waals surface area contributed by atoms with Gasteiger partial charge in [-0.05, 0) is 24.2 Å². The Balaban J connectivity index is 3.92. The summed E-state index contributed by atoms with van der Waals surface area (Å²) < 4.78 is 0. The van der Waals surface area contributed by atoms with E-state index in [-0.39, 0.29) is 6.04 Å². The van der Waals surface area contributed by atoms with Crippen LogP contribution < -0.4 is 11.5 Å². The zero-order valence-corrected chi connectivity index (χ0v) is 9.75. The summed E-state index contributed by atoms with van der Waals surface area (Å²) >= 11 is 0. The van der Waals surface area contributed by atoms with Crippen LogP contribution in [-0.2, 0) is 0 Å². The molecule has 0 heterocycles. The van der Waals surface area contributed by atoms with Crippen molar-refractivity contribution in [2.45, 2.75) is 53.1 Å². The van der Waals surface area contributed by atoms with Crippen LogP contribution in [0.5, 0.6) is 0 Å². The fourth-order valence-corrected chi connectivity index (χ4v) is 1.52. The fourth-order valence-electron chi connectivity index (χ4n) is 1.52. The van der Waals surface area contributed by atoms with Gasteiger partial charge in [-0.15, -0.1) is 0 Å². The molecule has 0 amide bonds. The van der Waals surface area contributed by atoms with Gasteiger partial charge in [0.25, 0.3) is 0 Å². The molecular formula is C11H26N2. The summed E-state index contributed by atoms with van der Waals surface area (Å²) in [6.07, 6.45) is 1.04. The molecule has 3 atom stereocenters. The first-order chi connectivity index (χ1) is 5.86. The highest BCUT2D eigenvalue weighted by molar-refractivity contribution is 4.77. The second-order valence-electron chi connectivity index (χ2n) is 4.94. The van der Waals surface area contributed by atoms with Crippen LogP contribution in [0.2, 0.25) is 0 Å². The van der Waals surface area contributed by atoms with Crippen molar-refractivity contribution in [3.05, 3.63) is 0 Å². The van der Waals surface area contributed by atoms with Crippen LogP contribution in [0.3, 0.4) is 0 Å². The molecule has 80 valence electrons. The van der Waals surface area contributed by atoms with Crippen LogP contribution in [0.15, 0.2) is 0 Å². The maximum absolute atomic E-state index is 6.05. The van der Waals surface area contributed by atoms with E-state index in [0.717, 1.165) is 6.42 Å². The third-order valence-corrected chi connectivity index (χ3v) is 2.93. The smallest absolute Gasteiger partial charge is 0.00883 e. The molecular weight excluding hydrogens is 160 g/mol. The molecule has 3 unspecified atom stereocenters. The van der Waals surface area contributed by atoms with E-state index >= 15 is 0 Å². The van der Waals surface area contributed by atoms with E-state index in [1.54, 1.807) is 0 Å². The summed E-state index contributed by atoms with van der Waals surface area (Å²) in [7, 11) is 0. The predicted octanol–water partition coefficient (Wildman–Crippen LogP) is 1.98. The number of nitrogens with two attached hydrogens (primary N) is 2. The summed E-state index contributed by atoms with van der Waals surface area (Å²) in [6.45, 7) is 10.9. The van der Waals surface area contributed by atoms with Crippen LogP contribution in [0.1, 0.15) is 41.0 Å². The maximum atomic E-state index is 6.05. The largest absolute Gasteiger partial charge is 0.327 e. The van der Waals surface area contributed by atoms with Gasteiger partial charge in [0.1, 0.15) is 0 Å². The summed E-state index contributed by atoms with van der Waals surface area (Å²) in [5.41, 5.74) is 12.1. The Morgan fingerprint density at radius 1 is 0.846 bits per heavy atom. The van der Waals surface area contributed by atoms with Crippen LogP contribution >= 0.6 is 0 Å². The molecule has 13 heavy (non-hydrogen) atoms. The van der Waals surface area contributed by atoms with E-state index < -0.39 is 0 Å². The lowest BCUT2D eigenvalue weighted by molar-refractivity contribution is 0.302. The lowest BCUT2D eigenvalue weighted by Crippen LogP contribution is -2.38. The first kappa shape index (κ1) is 12.9. The predicted molar refractivity (Wildman–Crippen MR) is 59.4 cm³/mol. The molecule has 2 heteroatoms. The van der Waals surface area contributed by atoms with Crippen LogP contribution in [-0.4, -0.2) is 12.1 Å². The van der Waals surface area contributed by atoms with Gasteiger partial charge in [-0.3, -0.25) is 0 Å². The number of hydrogen-bond donors (Lipinski definition) is 2. The summed E-state index contributed by atoms with van der Waals surface area (Å²) in [4.78, 5) is 0. The van der Waals surface area contributed by atoms with E-state index in [0.29, 0.717) is 23.8 Å². The van der Waals surface area contributed by atoms with Crippen LogP contribution in [0, 0.1) is 17.8 Å². The number of rotatable bonds is 5. The Morgan fingerprint density at radius 2 is 1.31 bits per heavy atom. The van der Waals surface area contributed by atoms with Gasteiger partial charge in [-0.1, -0.05) is 34.6 Å². The Morgan fingerprint density at radius 3 is 1.62 bits per heavy atom. The van der Waals surface area contributed by atoms with E-state index in [1.807, 2.05) is 0 Å². The molecule has 2 nitrogen and oxygen atoms in total. The Bertz CT molecular complexity index is 132. The van der Waals surface area contributed by atoms with Crippen LogP contribution in [0.4, 0.5) is 0 Å². The molecule has 4 N–H and O–H groups in total. The Labute approximate surface area is 83.1 Å². The Hall–Kier alpha value is -0.0800. The van der Waals surface area contributed by atoms with Gasteiger partial charge in [-0.2, -0.15) is 0 Å². The summed E-state index contributed by atoms with van der Waals surface area (Å²) in [5, 5.41) is 0. The minimum atomic E-state index is 0.282. The molecule has 0 aromatic carbocycles. The second kappa shape index (κ2) is 5.61. The van der Waals surface area contributed by atoms with E-state index in [2.05, 4.69) is 34.6 Å². The highest BCUT2D eigenvalue weighted by Crippen LogP contribution is 2.17. The first-order valence-corrected chi connectivity index (χ1v) is 5.37. The molecule has 0 bridgehead atoms. The van der Waals surface area contributed by atoms with Gasteiger partial charge in [0.05, 0.1) is 0 Å². The van der Waals surface area contributed by atoms with Gasteiger partial charge in [0, 0.05) is 12.1 Å². The average molecular weight is 186 g/mol. The maximum Gasteiger partial charge on any atom is 0.00883 e. The topological polar surface area (TPSA) is 52.0 Å². The van der Waals surface area contributed by atoms with Crippen molar-refractivity contribution in [2.75, 3.05) is 0 Å². The van der Waals surface area contributed by atoms with Gasteiger partial charge in [0.2, 0.25) is 0 Å². The zero-order chi connectivity index (χ0) is 10.6. The normalized spacial score (nSPS) is 19.2. The molecule has 0 aromatic heterocycles. The van der Waals surface area contributed by atoms with Gasteiger partial charge >= 0.3 is 0 Å². The van der Waals surface area contributed by atoms with Gasteiger partial charge in [-0.25, -0.2) is 0 Å². The molecule has 0 aliphatic carbocycles. The second-order valence-corrected chi connectivity index (χ2v) is 4.94. The Kier molecular flexibility index (Phi) is 5.57. The van der Waals surface area contributed by atoms with Crippen molar-refractivity contribution in [1.29, 1.82) is 0 Å².